The molecule has 0 aromatic heterocycles. The van der Waals surface area contributed by atoms with Crippen LogP contribution in [0.1, 0.15) is 12.5 Å². The highest BCUT2D eigenvalue weighted by molar-refractivity contribution is 5.84. The van der Waals surface area contributed by atoms with E-state index in [0.29, 0.717) is 0 Å². The molecule has 0 radical (unpaired) electrons. The van der Waals surface area contributed by atoms with Crippen molar-refractivity contribution >= 4 is 10.8 Å². The van der Waals surface area contributed by atoms with Gasteiger partial charge in [-0.2, -0.15) is 0 Å². The molecule has 0 N–H and O–H groups in total. The van der Waals surface area contributed by atoms with Crippen LogP contribution in [0.3, 0.4) is 0 Å². The van der Waals surface area contributed by atoms with Gasteiger partial charge >= 0.3 is 0 Å². The summed E-state index contributed by atoms with van der Waals surface area (Å²) in [5, 5.41) is -0.0752. The van der Waals surface area contributed by atoms with Crippen LogP contribution >= 0.6 is 0 Å². The third kappa shape index (κ3) is 4.08. The number of allylic oxidation sites excluding steroid dienone is 1. The lowest BCUT2D eigenvalue weighted by Crippen LogP contribution is -2.04. The van der Waals surface area contributed by atoms with E-state index in [2.05, 4.69) is 0 Å². The summed E-state index contributed by atoms with van der Waals surface area (Å²) in [6, 6.07) is 6.66. The first-order chi connectivity index (χ1) is 13.4. The number of fused-ring (bicyclic) bond motifs is 1. The SMILES string of the molecule is CC=CCOc1cc(F)c(COc2ccc3c(F)c(F)c(F)cc3c2)c(F)c1. The Morgan fingerprint density at radius 3 is 2.18 bits per heavy atom. The zero-order valence-corrected chi connectivity index (χ0v) is 14.7. The van der Waals surface area contributed by atoms with Crippen LogP contribution in [0.15, 0.2) is 48.6 Å². The molecule has 0 saturated carbocycles. The minimum atomic E-state index is -1.57. The predicted molar refractivity (Wildman–Crippen MR) is 94.8 cm³/mol. The van der Waals surface area contributed by atoms with Gasteiger partial charge in [0.15, 0.2) is 17.5 Å². The Kier molecular flexibility index (Phi) is 5.82. The van der Waals surface area contributed by atoms with E-state index in [4.69, 9.17) is 9.47 Å². The summed E-state index contributed by atoms with van der Waals surface area (Å²) < 4.78 is 79.2. The fourth-order valence-corrected chi connectivity index (χ4v) is 2.57. The standard InChI is InChI=1S/C21H15F5O2/c1-2-3-6-27-14-9-17(22)16(18(23)10-14)11-28-13-4-5-15-12(7-13)8-19(24)21(26)20(15)25/h2-5,7-10H,6,11H2,1H3. The summed E-state index contributed by atoms with van der Waals surface area (Å²) in [6.07, 6.45) is 3.43. The molecule has 3 aromatic rings. The van der Waals surface area contributed by atoms with Gasteiger partial charge in [0.2, 0.25) is 0 Å². The molecule has 0 saturated heterocycles. The predicted octanol–water partition coefficient (Wildman–Crippen LogP) is 6.07. The van der Waals surface area contributed by atoms with E-state index in [-0.39, 0.29) is 34.4 Å². The Labute approximate surface area is 157 Å². The maximum atomic E-state index is 14.2. The van der Waals surface area contributed by atoms with Crippen molar-refractivity contribution in [3.8, 4) is 11.5 Å². The second-order valence-corrected chi connectivity index (χ2v) is 5.90. The molecule has 0 fully saturated rings. The molecule has 0 bridgehead atoms. The normalized spacial score (nSPS) is 11.4. The minimum absolute atomic E-state index is 0.0375. The van der Waals surface area contributed by atoms with E-state index in [1.807, 2.05) is 0 Å². The molecule has 3 rings (SSSR count). The fraction of sp³-hybridized carbons (Fsp3) is 0.143. The Bertz CT molecular complexity index is 1020. The van der Waals surface area contributed by atoms with Crippen molar-refractivity contribution < 1.29 is 31.4 Å². The quantitative estimate of drug-likeness (QED) is 0.287. The fourth-order valence-electron chi connectivity index (χ4n) is 2.57. The van der Waals surface area contributed by atoms with Crippen molar-refractivity contribution in [1.82, 2.24) is 0 Å². The molecule has 2 nitrogen and oxygen atoms in total. The number of rotatable bonds is 6. The van der Waals surface area contributed by atoms with Crippen molar-refractivity contribution in [2.45, 2.75) is 13.5 Å². The molecular formula is C21H15F5O2. The van der Waals surface area contributed by atoms with Crippen LogP contribution in [0, 0.1) is 29.1 Å². The number of hydrogen-bond donors (Lipinski definition) is 0. The first-order valence-electron chi connectivity index (χ1n) is 8.32. The Balaban J connectivity index is 1.79. The van der Waals surface area contributed by atoms with Gasteiger partial charge in [-0.1, -0.05) is 12.2 Å². The van der Waals surface area contributed by atoms with E-state index in [9.17, 15) is 22.0 Å². The molecule has 0 atom stereocenters. The van der Waals surface area contributed by atoms with Crippen molar-refractivity contribution in [3.63, 3.8) is 0 Å². The lowest BCUT2D eigenvalue weighted by molar-refractivity contribution is 0.291. The van der Waals surface area contributed by atoms with Gasteiger partial charge in [-0.05, 0) is 36.6 Å². The van der Waals surface area contributed by atoms with Gasteiger partial charge < -0.3 is 9.47 Å². The van der Waals surface area contributed by atoms with Crippen LogP contribution in [0.25, 0.3) is 10.8 Å². The summed E-state index contributed by atoms with van der Waals surface area (Å²) in [7, 11) is 0. The molecule has 0 aliphatic carbocycles. The van der Waals surface area contributed by atoms with Crippen molar-refractivity contribution in [1.29, 1.82) is 0 Å². The number of benzene rings is 3. The highest BCUT2D eigenvalue weighted by Gasteiger charge is 2.15. The van der Waals surface area contributed by atoms with Crippen LogP contribution in [0.2, 0.25) is 0 Å². The van der Waals surface area contributed by atoms with Crippen LogP contribution in [-0.4, -0.2) is 6.61 Å². The van der Waals surface area contributed by atoms with E-state index < -0.39 is 35.7 Å². The van der Waals surface area contributed by atoms with Gasteiger partial charge in [0.05, 0.1) is 5.56 Å². The molecule has 0 spiro atoms. The summed E-state index contributed by atoms with van der Waals surface area (Å²) in [4.78, 5) is 0. The van der Waals surface area contributed by atoms with Gasteiger partial charge in [-0.25, -0.2) is 22.0 Å². The van der Waals surface area contributed by atoms with Crippen LogP contribution in [0.5, 0.6) is 11.5 Å². The lowest BCUT2D eigenvalue weighted by Gasteiger charge is -2.11. The molecule has 0 heterocycles. The topological polar surface area (TPSA) is 18.5 Å². The van der Waals surface area contributed by atoms with Gasteiger partial charge in [0.1, 0.15) is 36.3 Å². The average molecular weight is 394 g/mol. The zero-order valence-electron chi connectivity index (χ0n) is 14.7. The molecule has 0 amide bonds. The van der Waals surface area contributed by atoms with Crippen molar-refractivity contribution in [2.24, 2.45) is 0 Å². The highest BCUT2D eigenvalue weighted by atomic mass is 19.2. The molecule has 0 aliphatic heterocycles. The Morgan fingerprint density at radius 1 is 0.786 bits per heavy atom. The van der Waals surface area contributed by atoms with Gasteiger partial charge in [0, 0.05) is 17.5 Å². The second kappa shape index (κ2) is 8.29. The average Bonchev–Trinajstić information content (AvgIpc) is 2.65. The number of hydrogen-bond acceptors (Lipinski definition) is 2. The summed E-state index contributed by atoms with van der Waals surface area (Å²) in [6.45, 7) is 1.51. The van der Waals surface area contributed by atoms with Gasteiger partial charge in [-0.15, -0.1) is 0 Å². The smallest absolute Gasteiger partial charge is 0.195 e. The molecule has 28 heavy (non-hydrogen) atoms. The molecule has 7 heteroatoms. The maximum Gasteiger partial charge on any atom is 0.195 e. The summed E-state index contributed by atoms with van der Waals surface area (Å²) in [5.74, 6) is -5.77. The molecule has 0 unspecified atom stereocenters. The maximum absolute atomic E-state index is 14.2. The van der Waals surface area contributed by atoms with E-state index in [1.165, 1.54) is 18.2 Å². The van der Waals surface area contributed by atoms with Gasteiger partial charge in [0.25, 0.3) is 0 Å². The molecular weight excluding hydrogens is 379 g/mol. The number of ether oxygens (including phenoxy) is 2. The highest BCUT2D eigenvalue weighted by Crippen LogP contribution is 2.28. The third-order valence-electron chi connectivity index (χ3n) is 4.02. The minimum Gasteiger partial charge on any atom is -0.489 e. The van der Waals surface area contributed by atoms with Gasteiger partial charge in [-0.3, -0.25) is 0 Å². The Hall–Kier alpha value is -3.09. The molecule has 3 aromatic carbocycles. The molecule has 0 aliphatic rings. The van der Waals surface area contributed by atoms with Crippen LogP contribution in [-0.2, 0) is 6.61 Å². The monoisotopic (exact) mass is 394 g/mol. The summed E-state index contributed by atoms with van der Waals surface area (Å²) >= 11 is 0. The first-order valence-corrected chi connectivity index (χ1v) is 8.32. The number of halogens is 5. The lowest BCUT2D eigenvalue weighted by atomic mass is 10.1. The largest absolute Gasteiger partial charge is 0.489 e. The first kappa shape index (κ1) is 19.7. The van der Waals surface area contributed by atoms with E-state index in [1.54, 1.807) is 19.1 Å². The van der Waals surface area contributed by atoms with Crippen molar-refractivity contribution in [3.05, 3.63) is 83.2 Å². The van der Waals surface area contributed by atoms with E-state index >= 15 is 0 Å². The third-order valence-corrected chi connectivity index (χ3v) is 4.02. The summed E-state index contributed by atoms with van der Waals surface area (Å²) in [5.41, 5.74) is -0.324. The Morgan fingerprint density at radius 2 is 1.50 bits per heavy atom. The zero-order chi connectivity index (χ0) is 20.3. The molecule has 146 valence electrons. The van der Waals surface area contributed by atoms with Crippen LogP contribution < -0.4 is 9.47 Å². The van der Waals surface area contributed by atoms with Crippen molar-refractivity contribution in [2.75, 3.05) is 6.61 Å². The van der Waals surface area contributed by atoms with Crippen LogP contribution in [0.4, 0.5) is 22.0 Å². The second-order valence-electron chi connectivity index (χ2n) is 5.90. The van der Waals surface area contributed by atoms with E-state index in [0.717, 1.165) is 18.2 Å².